The van der Waals surface area contributed by atoms with Gasteiger partial charge in [-0.2, -0.15) is 0 Å². The minimum Gasteiger partial charge on any atom is -0.493 e. The molecule has 0 amide bonds. The molecule has 178 valence electrons. The van der Waals surface area contributed by atoms with Crippen LogP contribution < -0.4 is 15.4 Å². The van der Waals surface area contributed by atoms with E-state index in [2.05, 4.69) is 51.4 Å². The molecule has 0 bridgehead atoms. The molecule has 1 atom stereocenters. The second-order valence-electron chi connectivity index (χ2n) is 7.64. The van der Waals surface area contributed by atoms with Gasteiger partial charge < -0.3 is 24.7 Å². The maximum Gasteiger partial charge on any atom is 0.191 e. The van der Waals surface area contributed by atoms with Crippen molar-refractivity contribution in [1.82, 2.24) is 25.4 Å². The van der Waals surface area contributed by atoms with Gasteiger partial charge >= 0.3 is 0 Å². The van der Waals surface area contributed by atoms with E-state index in [1.807, 2.05) is 12.1 Å². The molecule has 9 heteroatoms. The normalized spacial score (nSPS) is 15.4. The monoisotopic (exact) mass is 556 g/mol. The Balaban J connectivity index is 0.00000363. The summed E-state index contributed by atoms with van der Waals surface area (Å²) in [6.45, 7) is 8.81. The molecule has 2 heterocycles. The van der Waals surface area contributed by atoms with Gasteiger partial charge in [-0.3, -0.25) is 4.99 Å². The lowest BCUT2D eigenvalue weighted by Crippen LogP contribution is -2.42. The number of hydrogen-bond donors (Lipinski definition) is 2. The first-order valence-corrected chi connectivity index (χ1v) is 11.5. The summed E-state index contributed by atoms with van der Waals surface area (Å²) in [5.74, 6) is 2.77. The highest BCUT2D eigenvalue weighted by molar-refractivity contribution is 14.0. The van der Waals surface area contributed by atoms with Gasteiger partial charge in [-0.25, -0.2) is 0 Å². The number of halogens is 1. The van der Waals surface area contributed by atoms with Crippen LogP contribution in [-0.4, -0.2) is 53.6 Å². The van der Waals surface area contributed by atoms with E-state index in [1.54, 1.807) is 6.33 Å². The molecule has 2 N–H and O–H groups in total. The van der Waals surface area contributed by atoms with Gasteiger partial charge in [-0.15, -0.1) is 34.2 Å². The Hall–Kier alpha value is -1.88. The Morgan fingerprint density at radius 3 is 2.94 bits per heavy atom. The number of ether oxygens (including phenoxy) is 2. The number of nitrogens with zero attached hydrogens (tertiary/aromatic N) is 4. The lowest BCUT2D eigenvalue weighted by atomic mass is 10.0. The first-order chi connectivity index (χ1) is 15.3. The first kappa shape index (κ1) is 26.4. The second kappa shape index (κ2) is 15.0. The van der Waals surface area contributed by atoms with E-state index in [4.69, 9.17) is 14.5 Å². The van der Waals surface area contributed by atoms with Gasteiger partial charge in [-0.1, -0.05) is 38.5 Å². The fourth-order valence-corrected chi connectivity index (χ4v) is 3.55. The maximum atomic E-state index is 5.80. The Kier molecular flexibility index (Phi) is 12.4. The van der Waals surface area contributed by atoms with Crippen molar-refractivity contribution in [1.29, 1.82) is 0 Å². The summed E-state index contributed by atoms with van der Waals surface area (Å²) in [5.41, 5.74) is 1.18. The van der Waals surface area contributed by atoms with E-state index in [1.165, 1.54) is 5.56 Å². The fraction of sp³-hybridized carbons (Fsp3) is 0.609. The fourth-order valence-electron chi connectivity index (χ4n) is 3.55. The SMILES string of the molecule is CCCCOCCCN=C(NCCn1cnnc1CC)NC1CCOc2ccccc21.I. The number of benzene rings is 1. The van der Waals surface area contributed by atoms with Gasteiger partial charge in [0.2, 0.25) is 0 Å². The lowest BCUT2D eigenvalue weighted by molar-refractivity contribution is 0.130. The second-order valence-corrected chi connectivity index (χ2v) is 7.64. The van der Waals surface area contributed by atoms with Crippen molar-refractivity contribution < 1.29 is 9.47 Å². The highest BCUT2D eigenvalue weighted by Crippen LogP contribution is 2.31. The van der Waals surface area contributed by atoms with Crippen LogP contribution in [0, 0.1) is 0 Å². The Morgan fingerprint density at radius 1 is 1.25 bits per heavy atom. The molecule has 0 fully saturated rings. The van der Waals surface area contributed by atoms with Crippen molar-refractivity contribution in [2.45, 2.75) is 58.5 Å². The Bertz CT molecular complexity index is 813. The summed E-state index contributed by atoms with van der Waals surface area (Å²) in [6, 6.07) is 8.39. The summed E-state index contributed by atoms with van der Waals surface area (Å²) in [7, 11) is 0. The van der Waals surface area contributed by atoms with Crippen LogP contribution in [0.1, 0.15) is 57.0 Å². The van der Waals surface area contributed by atoms with E-state index in [0.29, 0.717) is 6.61 Å². The predicted molar refractivity (Wildman–Crippen MR) is 138 cm³/mol. The van der Waals surface area contributed by atoms with Crippen LogP contribution in [0.5, 0.6) is 5.75 Å². The number of para-hydroxylation sites is 1. The summed E-state index contributed by atoms with van der Waals surface area (Å²) in [6.07, 6.45) is 6.75. The van der Waals surface area contributed by atoms with Crippen molar-refractivity contribution in [3.8, 4) is 5.75 Å². The predicted octanol–water partition coefficient (Wildman–Crippen LogP) is 3.72. The van der Waals surface area contributed by atoms with Gasteiger partial charge in [0, 0.05) is 51.3 Å². The number of hydrogen-bond acceptors (Lipinski definition) is 5. The highest BCUT2D eigenvalue weighted by Gasteiger charge is 2.21. The quantitative estimate of drug-likeness (QED) is 0.180. The summed E-state index contributed by atoms with van der Waals surface area (Å²) < 4.78 is 13.5. The smallest absolute Gasteiger partial charge is 0.191 e. The third-order valence-corrected chi connectivity index (χ3v) is 5.29. The molecule has 0 radical (unpaired) electrons. The molecular weight excluding hydrogens is 519 g/mol. The summed E-state index contributed by atoms with van der Waals surface area (Å²) >= 11 is 0. The molecule has 1 aromatic carbocycles. The molecule has 0 spiro atoms. The number of nitrogens with one attached hydrogen (secondary N) is 2. The third-order valence-electron chi connectivity index (χ3n) is 5.29. The molecule has 3 rings (SSSR count). The average molecular weight is 556 g/mol. The Labute approximate surface area is 208 Å². The molecule has 8 nitrogen and oxygen atoms in total. The van der Waals surface area contributed by atoms with Crippen LogP contribution in [-0.2, 0) is 17.7 Å². The number of guanidine groups is 1. The molecular formula is C23H37IN6O2. The van der Waals surface area contributed by atoms with Gasteiger partial charge in [0.05, 0.1) is 12.6 Å². The largest absolute Gasteiger partial charge is 0.493 e. The van der Waals surface area contributed by atoms with E-state index < -0.39 is 0 Å². The molecule has 2 aromatic rings. The van der Waals surface area contributed by atoms with Crippen LogP contribution >= 0.6 is 24.0 Å². The third kappa shape index (κ3) is 8.23. The van der Waals surface area contributed by atoms with Crippen LogP contribution in [0.25, 0.3) is 0 Å². The van der Waals surface area contributed by atoms with Crippen LogP contribution in [0.2, 0.25) is 0 Å². The molecule has 1 unspecified atom stereocenters. The minimum absolute atomic E-state index is 0. The molecule has 1 aliphatic heterocycles. The van der Waals surface area contributed by atoms with Crippen molar-refractivity contribution in [2.75, 3.05) is 32.9 Å². The van der Waals surface area contributed by atoms with Crippen LogP contribution in [0.15, 0.2) is 35.6 Å². The number of aromatic nitrogens is 3. The van der Waals surface area contributed by atoms with Crippen molar-refractivity contribution >= 4 is 29.9 Å². The van der Waals surface area contributed by atoms with Crippen molar-refractivity contribution in [2.24, 2.45) is 4.99 Å². The van der Waals surface area contributed by atoms with Gasteiger partial charge in [0.15, 0.2) is 5.96 Å². The number of aliphatic imine (C=N–C) groups is 1. The van der Waals surface area contributed by atoms with E-state index in [-0.39, 0.29) is 30.0 Å². The first-order valence-electron chi connectivity index (χ1n) is 11.5. The highest BCUT2D eigenvalue weighted by atomic mass is 127. The van der Waals surface area contributed by atoms with Gasteiger partial charge in [0.1, 0.15) is 17.9 Å². The standard InChI is InChI=1S/C23H36N6O2.HI/c1-3-5-15-30-16-8-12-24-23(25-13-14-29-18-26-28-22(29)4-2)27-20-11-17-31-21-10-7-6-9-19(20)21;/h6-7,9-10,18,20H,3-5,8,11-17H2,1-2H3,(H2,24,25,27);1H. The molecule has 32 heavy (non-hydrogen) atoms. The zero-order chi connectivity index (χ0) is 21.7. The van der Waals surface area contributed by atoms with Crippen LogP contribution in [0.3, 0.4) is 0 Å². The zero-order valence-corrected chi connectivity index (χ0v) is 21.6. The lowest BCUT2D eigenvalue weighted by Gasteiger charge is -2.28. The van der Waals surface area contributed by atoms with Crippen molar-refractivity contribution in [3.63, 3.8) is 0 Å². The van der Waals surface area contributed by atoms with Crippen molar-refractivity contribution in [3.05, 3.63) is 42.0 Å². The number of aryl methyl sites for hydroxylation is 1. The summed E-state index contributed by atoms with van der Waals surface area (Å²) in [5, 5.41) is 15.3. The maximum absolute atomic E-state index is 5.80. The number of rotatable bonds is 12. The minimum atomic E-state index is 0. The molecule has 1 aliphatic rings. The van der Waals surface area contributed by atoms with E-state index in [9.17, 15) is 0 Å². The molecule has 0 saturated heterocycles. The van der Waals surface area contributed by atoms with E-state index >= 15 is 0 Å². The summed E-state index contributed by atoms with van der Waals surface area (Å²) in [4.78, 5) is 4.80. The van der Waals surface area contributed by atoms with Crippen LogP contribution in [0.4, 0.5) is 0 Å². The number of unbranched alkanes of at least 4 members (excludes halogenated alkanes) is 1. The topological polar surface area (TPSA) is 85.6 Å². The van der Waals surface area contributed by atoms with Gasteiger partial charge in [0.25, 0.3) is 0 Å². The number of fused-ring (bicyclic) bond motifs is 1. The molecule has 0 saturated carbocycles. The zero-order valence-electron chi connectivity index (χ0n) is 19.3. The average Bonchev–Trinajstić information content (AvgIpc) is 3.26. The van der Waals surface area contributed by atoms with E-state index in [0.717, 1.165) is 82.5 Å². The molecule has 1 aromatic heterocycles. The van der Waals surface area contributed by atoms with Gasteiger partial charge in [-0.05, 0) is 18.9 Å². The Morgan fingerprint density at radius 2 is 2.09 bits per heavy atom. The molecule has 0 aliphatic carbocycles.